The van der Waals surface area contributed by atoms with Gasteiger partial charge in [0.05, 0.1) is 12.8 Å². The van der Waals surface area contributed by atoms with E-state index in [2.05, 4.69) is 19.8 Å². The predicted molar refractivity (Wildman–Crippen MR) is 90.6 cm³/mol. The van der Waals surface area contributed by atoms with Gasteiger partial charge in [-0.1, -0.05) is 12.1 Å². The number of carbonyl (C=O) groups excluding carboxylic acids is 3. The summed E-state index contributed by atoms with van der Waals surface area (Å²) >= 11 is 0. The first-order valence-corrected chi connectivity index (χ1v) is 7.53. The lowest BCUT2D eigenvalue weighted by Gasteiger charge is -2.19. The SMILES string of the molecule is COC(=O)COC(=O)C=Nc1ccc(CNC(=O)OC(C)(C)C)cc1. The number of methoxy groups -OCH3 is 1. The fourth-order valence-electron chi connectivity index (χ4n) is 1.54. The number of nitrogens with one attached hydrogen (secondary N) is 1. The Kier molecular flexibility index (Phi) is 7.58. The van der Waals surface area contributed by atoms with E-state index >= 15 is 0 Å². The summed E-state index contributed by atoms with van der Waals surface area (Å²) in [5.41, 5.74) is 0.819. The fourth-order valence-corrected chi connectivity index (χ4v) is 1.54. The summed E-state index contributed by atoms with van der Waals surface area (Å²) < 4.78 is 14.1. The molecule has 25 heavy (non-hydrogen) atoms. The van der Waals surface area contributed by atoms with Crippen LogP contribution in [0.1, 0.15) is 26.3 Å². The minimum absolute atomic E-state index is 0.306. The van der Waals surface area contributed by atoms with Gasteiger partial charge in [0.25, 0.3) is 0 Å². The Hall–Kier alpha value is -2.90. The number of ether oxygens (including phenoxy) is 3. The average Bonchev–Trinajstić information content (AvgIpc) is 2.55. The molecule has 0 aliphatic carbocycles. The molecule has 8 nitrogen and oxygen atoms in total. The second kappa shape index (κ2) is 9.41. The molecule has 0 heterocycles. The van der Waals surface area contributed by atoms with Crippen LogP contribution in [0.2, 0.25) is 0 Å². The maximum absolute atomic E-state index is 11.6. The minimum Gasteiger partial charge on any atom is -0.466 e. The first-order chi connectivity index (χ1) is 11.7. The van der Waals surface area contributed by atoms with Crippen LogP contribution in [-0.2, 0) is 30.3 Å². The van der Waals surface area contributed by atoms with Crippen molar-refractivity contribution in [2.75, 3.05) is 13.7 Å². The van der Waals surface area contributed by atoms with Crippen LogP contribution >= 0.6 is 0 Å². The number of carbonyl (C=O) groups is 3. The van der Waals surface area contributed by atoms with Gasteiger partial charge in [-0.05, 0) is 38.5 Å². The molecule has 0 aliphatic rings. The Morgan fingerprint density at radius 1 is 1.16 bits per heavy atom. The van der Waals surface area contributed by atoms with Crippen molar-refractivity contribution >= 4 is 29.9 Å². The Morgan fingerprint density at radius 3 is 2.36 bits per heavy atom. The van der Waals surface area contributed by atoms with E-state index in [4.69, 9.17) is 4.74 Å². The summed E-state index contributed by atoms with van der Waals surface area (Å²) in [5, 5.41) is 2.64. The number of nitrogens with zero attached hydrogens (tertiary/aromatic N) is 1. The summed E-state index contributed by atoms with van der Waals surface area (Å²) in [6.07, 6.45) is 0.472. The summed E-state index contributed by atoms with van der Waals surface area (Å²) in [5.74, 6) is -1.40. The molecule has 0 saturated heterocycles. The van der Waals surface area contributed by atoms with Crippen LogP contribution in [0.4, 0.5) is 10.5 Å². The van der Waals surface area contributed by atoms with Gasteiger partial charge in [-0.15, -0.1) is 0 Å². The van der Waals surface area contributed by atoms with Crippen molar-refractivity contribution in [1.29, 1.82) is 0 Å². The van der Waals surface area contributed by atoms with E-state index in [1.54, 1.807) is 45.0 Å². The standard InChI is InChI=1S/C17H22N2O6/c1-17(2,3)25-16(22)19-9-12-5-7-13(8-6-12)18-10-14(20)24-11-15(21)23-4/h5-8,10H,9,11H2,1-4H3,(H,19,22). The number of benzene rings is 1. The molecular formula is C17H22N2O6. The summed E-state index contributed by atoms with van der Waals surface area (Å²) in [6.45, 7) is 5.21. The highest BCUT2D eigenvalue weighted by Crippen LogP contribution is 2.13. The normalized spacial score (nSPS) is 11.0. The van der Waals surface area contributed by atoms with Crippen LogP contribution < -0.4 is 5.32 Å². The number of amides is 1. The highest BCUT2D eigenvalue weighted by atomic mass is 16.6. The van der Waals surface area contributed by atoms with Crippen molar-refractivity contribution in [3.05, 3.63) is 29.8 Å². The Morgan fingerprint density at radius 2 is 1.80 bits per heavy atom. The first kappa shape index (κ1) is 20.1. The molecule has 0 fully saturated rings. The first-order valence-electron chi connectivity index (χ1n) is 7.53. The molecule has 0 radical (unpaired) electrons. The Bertz CT molecular complexity index is 632. The number of hydrogen-bond donors (Lipinski definition) is 1. The number of esters is 2. The Labute approximate surface area is 146 Å². The molecule has 0 bridgehead atoms. The quantitative estimate of drug-likeness (QED) is 0.479. The van der Waals surface area contributed by atoms with Crippen molar-refractivity contribution in [1.82, 2.24) is 5.32 Å². The largest absolute Gasteiger partial charge is 0.466 e. The van der Waals surface area contributed by atoms with E-state index in [1.807, 2.05) is 0 Å². The molecule has 0 aromatic heterocycles. The van der Waals surface area contributed by atoms with E-state index in [-0.39, 0.29) is 0 Å². The molecule has 0 aliphatic heterocycles. The van der Waals surface area contributed by atoms with E-state index in [1.165, 1.54) is 7.11 Å². The molecule has 0 atom stereocenters. The minimum atomic E-state index is -0.749. The van der Waals surface area contributed by atoms with Crippen molar-refractivity contribution in [3.63, 3.8) is 0 Å². The van der Waals surface area contributed by atoms with Crippen molar-refractivity contribution in [2.24, 2.45) is 4.99 Å². The number of rotatable bonds is 6. The highest BCUT2D eigenvalue weighted by molar-refractivity contribution is 6.23. The summed E-state index contributed by atoms with van der Waals surface area (Å²) in [4.78, 5) is 37.7. The smallest absolute Gasteiger partial charge is 0.407 e. The molecule has 8 heteroatoms. The highest BCUT2D eigenvalue weighted by Gasteiger charge is 2.15. The lowest BCUT2D eigenvalue weighted by molar-refractivity contribution is -0.152. The van der Waals surface area contributed by atoms with Crippen LogP contribution in [0.25, 0.3) is 0 Å². The van der Waals surface area contributed by atoms with Crippen LogP contribution in [0.3, 0.4) is 0 Å². The zero-order valence-corrected chi connectivity index (χ0v) is 14.7. The van der Waals surface area contributed by atoms with E-state index in [0.29, 0.717) is 12.2 Å². The maximum Gasteiger partial charge on any atom is 0.407 e. The number of hydrogen-bond acceptors (Lipinski definition) is 7. The van der Waals surface area contributed by atoms with E-state index in [9.17, 15) is 14.4 Å². The zero-order valence-electron chi connectivity index (χ0n) is 14.7. The number of aliphatic imine (C=N–C) groups is 1. The van der Waals surface area contributed by atoms with Gasteiger partial charge in [0.15, 0.2) is 6.61 Å². The third-order valence-electron chi connectivity index (χ3n) is 2.65. The van der Waals surface area contributed by atoms with Gasteiger partial charge in [0.2, 0.25) is 0 Å². The van der Waals surface area contributed by atoms with Crippen LogP contribution in [0.15, 0.2) is 29.3 Å². The molecule has 1 N–H and O–H groups in total. The van der Waals surface area contributed by atoms with E-state index < -0.39 is 30.2 Å². The van der Waals surface area contributed by atoms with Gasteiger partial charge in [-0.2, -0.15) is 0 Å². The topological polar surface area (TPSA) is 103 Å². The molecule has 1 aromatic carbocycles. The maximum atomic E-state index is 11.6. The summed E-state index contributed by atoms with van der Waals surface area (Å²) in [7, 11) is 1.20. The molecular weight excluding hydrogens is 328 g/mol. The lowest BCUT2D eigenvalue weighted by atomic mass is 10.2. The van der Waals surface area contributed by atoms with Gasteiger partial charge in [-0.25, -0.2) is 19.4 Å². The fraction of sp³-hybridized carbons (Fsp3) is 0.412. The monoisotopic (exact) mass is 350 g/mol. The van der Waals surface area contributed by atoms with Crippen LogP contribution in [-0.4, -0.2) is 43.6 Å². The van der Waals surface area contributed by atoms with Crippen molar-refractivity contribution in [3.8, 4) is 0 Å². The molecule has 1 rings (SSSR count). The molecule has 1 amide bonds. The van der Waals surface area contributed by atoms with Gasteiger partial charge >= 0.3 is 18.0 Å². The average molecular weight is 350 g/mol. The van der Waals surface area contributed by atoms with Crippen LogP contribution in [0.5, 0.6) is 0 Å². The third kappa shape index (κ3) is 9.09. The Balaban J connectivity index is 2.45. The molecule has 136 valence electrons. The molecule has 0 spiro atoms. The third-order valence-corrected chi connectivity index (χ3v) is 2.65. The van der Waals surface area contributed by atoms with Gasteiger partial charge in [-0.3, -0.25) is 0 Å². The van der Waals surface area contributed by atoms with Gasteiger partial charge < -0.3 is 19.5 Å². The van der Waals surface area contributed by atoms with E-state index in [0.717, 1.165) is 11.8 Å². The van der Waals surface area contributed by atoms with Crippen LogP contribution in [0, 0.1) is 0 Å². The zero-order chi connectivity index (χ0) is 18.9. The van der Waals surface area contributed by atoms with Gasteiger partial charge in [0.1, 0.15) is 11.8 Å². The van der Waals surface area contributed by atoms with Crippen molar-refractivity contribution in [2.45, 2.75) is 32.9 Å². The van der Waals surface area contributed by atoms with Gasteiger partial charge in [0, 0.05) is 6.54 Å². The number of alkyl carbamates (subject to hydrolysis) is 1. The molecule has 0 saturated carbocycles. The molecule has 1 aromatic rings. The predicted octanol–water partition coefficient (Wildman–Crippen LogP) is 2.13. The second-order valence-electron chi connectivity index (χ2n) is 5.96. The second-order valence-corrected chi connectivity index (χ2v) is 5.96. The molecule has 0 unspecified atom stereocenters. The lowest BCUT2D eigenvalue weighted by Crippen LogP contribution is -2.32. The van der Waals surface area contributed by atoms with Crippen molar-refractivity contribution < 1.29 is 28.6 Å². The summed E-state index contributed by atoms with van der Waals surface area (Å²) in [6, 6.07) is 6.86.